The van der Waals surface area contributed by atoms with Gasteiger partial charge in [-0.1, -0.05) is 11.6 Å². The molecule has 0 spiro atoms. The number of rotatable bonds is 2. The van der Waals surface area contributed by atoms with Crippen LogP contribution in [0.4, 0.5) is 10.6 Å². The summed E-state index contributed by atoms with van der Waals surface area (Å²) in [5.74, 6) is 0.726. The van der Waals surface area contributed by atoms with E-state index in [1.807, 2.05) is 31.7 Å². The summed E-state index contributed by atoms with van der Waals surface area (Å²) in [6.07, 6.45) is 3.69. The Kier molecular flexibility index (Phi) is 4.36. The zero-order valence-electron chi connectivity index (χ0n) is 13.8. The van der Waals surface area contributed by atoms with Gasteiger partial charge in [0.25, 0.3) is 0 Å². The van der Waals surface area contributed by atoms with Crippen LogP contribution in [0.1, 0.15) is 46.5 Å². The predicted octanol–water partition coefficient (Wildman–Crippen LogP) is 3.47. The van der Waals surface area contributed by atoms with E-state index in [2.05, 4.69) is 15.5 Å². The molecular weight excluding hydrogens is 316 g/mol. The number of hydrogen-bond acceptors (Lipinski definition) is 5. The number of amides is 1. The van der Waals surface area contributed by atoms with Crippen molar-refractivity contribution >= 4 is 23.5 Å². The van der Waals surface area contributed by atoms with Gasteiger partial charge in [0, 0.05) is 18.1 Å². The van der Waals surface area contributed by atoms with Gasteiger partial charge in [0.1, 0.15) is 11.4 Å². The number of fused-ring (bicyclic) bond motifs is 2. The number of hydrogen-bond donors (Lipinski definition) is 1. The van der Waals surface area contributed by atoms with Crippen molar-refractivity contribution in [3.63, 3.8) is 0 Å². The predicted molar refractivity (Wildman–Crippen MR) is 88.6 cm³/mol. The zero-order valence-corrected chi connectivity index (χ0v) is 14.5. The molecule has 2 bridgehead atoms. The Morgan fingerprint density at radius 2 is 1.91 bits per heavy atom. The van der Waals surface area contributed by atoms with E-state index in [4.69, 9.17) is 16.3 Å². The van der Waals surface area contributed by atoms with Gasteiger partial charge in [0.05, 0.1) is 0 Å². The van der Waals surface area contributed by atoms with E-state index < -0.39 is 5.60 Å². The quantitative estimate of drug-likeness (QED) is 0.894. The molecular formula is C16H23ClN4O2. The molecule has 2 aliphatic rings. The summed E-state index contributed by atoms with van der Waals surface area (Å²) in [4.78, 5) is 14.4. The van der Waals surface area contributed by atoms with Crippen molar-refractivity contribution in [3.05, 3.63) is 17.3 Å². The van der Waals surface area contributed by atoms with Crippen LogP contribution in [-0.4, -0.2) is 44.9 Å². The first-order valence-electron chi connectivity index (χ1n) is 8.09. The monoisotopic (exact) mass is 338 g/mol. The maximum atomic E-state index is 12.4. The summed E-state index contributed by atoms with van der Waals surface area (Å²) in [7, 11) is 0. The molecule has 1 aromatic heterocycles. The van der Waals surface area contributed by atoms with Crippen LogP contribution in [0.5, 0.6) is 0 Å². The van der Waals surface area contributed by atoms with Gasteiger partial charge in [0.15, 0.2) is 5.15 Å². The average molecular weight is 339 g/mol. The fraction of sp³-hybridized carbons (Fsp3) is 0.688. The summed E-state index contributed by atoms with van der Waals surface area (Å²) in [6.45, 7) is 5.71. The van der Waals surface area contributed by atoms with Crippen molar-refractivity contribution in [2.75, 3.05) is 5.32 Å². The molecule has 0 aromatic carbocycles. The Balaban J connectivity index is 1.62. The van der Waals surface area contributed by atoms with E-state index in [9.17, 15) is 4.79 Å². The van der Waals surface area contributed by atoms with Gasteiger partial charge >= 0.3 is 6.09 Å². The molecule has 0 aliphatic carbocycles. The third-order valence-electron chi connectivity index (χ3n) is 4.32. The molecule has 3 rings (SSSR count). The lowest BCUT2D eigenvalue weighted by Crippen LogP contribution is -2.51. The van der Waals surface area contributed by atoms with Gasteiger partial charge in [-0.2, -0.15) is 0 Å². The number of nitrogens with zero attached hydrogens (tertiary/aromatic N) is 3. The standard InChI is InChI=1S/C16H23ClN4O2/c1-16(2,3)23-15(22)21-11-4-5-12(21)9-10(8-11)18-14-7-6-13(17)19-20-14/h6-7,10-12H,4-5,8-9H2,1-3H3,(H,18,20)/t10?,11-,12?/m1/s1. The van der Waals surface area contributed by atoms with E-state index in [0.717, 1.165) is 31.5 Å². The highest BCUT2D eigenvalue weighted by molar-refractivity contribution is 6.29. The number of carbonyl (C=O) groups excluding carboxylic acids is 1. The number of anilines is 1. The second kappa shape index (κ2) is 6.15. The van der Waals surface area contributed by atoms with E-state index >= 15 is 0 Å². The lowest BCUT2D eigenvalue weighted by atomic mass is 9.98. The summed E-state index contributed by atoms with van der Waals surface area (Å²) in [6, 6.07) is 4.32. The van der Waals surface area contributed by atoms with Crippen LogP contribution >= 0.6 is 11.6 Å². The van der Waals surface area contributed by atoms with Gasteiger partial charge < -0.3 is 15.0 Å². The molecule has 2 saturated heterocycles. The molecule has 7 heteroatoms. The number of nitrogens with one attached hydrogen (secondary N) is 1. The number of aromatic nitrogens is 2. The van der Waals surface area contributed by atoms with Crippen LogP contribution in [0, 0.1) is 0 Å². The van der Waals surface area contributed by atoms with Gasteiger partial charge in [0.2, 0.25) is 0 Å². The molecule has 1 N–H and O–H groups in total. The summed E-state index contributed by atoms with van der Waals surface area (Å²) >= 11 is 5.76. The Bertz CT molecular complexity index is 558. The van der Waals surface area contributed by atoms with Crippen LogP contribution in [0.15, 0.2) is 12.1 Å². The number of carbonyl (C=O) groups is 1. The molecule has 126 valence electrons. The fourth-order valence-corrected chi connectivity index (χ4v) is 3.61. The van der Waals surface area contributed by atoms with Crippen LogP contribution in [-0.2, 0) is 4.74 Å². The lowest BCUT2D eigenvalue weighted by Gasteiger charge is -2.39. The molecule has 2 fully saturated rings. The normalized spacial score (nSPS) is 27.0. The van der Waals surface area contributed by atoms with E-state index in [0.29, 0.717) is 11.2 Å². The number of ether oxygens (including phenoxy) is 1. The lowest BCUT2D eigenvalue weighted by molar-refractivity contribution is 0.00682. The summed E-state index contributed by atoms with van der Waals surface area (Å²) in [5.41, 5.74) is -0.454. The Morgan fingerprint density at radius 3 is 2.43 bits per heavy atom. The van der Waals surface area contributed by atoms with Crippen molar-refractivity contribution < 1.29 is 9.53 Å². The highest BCUT2D eigenvalue weighted by Crippen LogP contribution is 2.37. The third kappa shape index (κ3) is 3.86. The third-order valence-corrected chi connectivity index (χ3v) is 4.52. The summed E-state index contributed by atoms with van der Waals surface area (Å²) < 4.78 is 5.55. The second-order valence-electron chi connectivity index (χ2n) is 7.33. The average Bonchev–Trinajstić information content (AvgIpc) is 2.72. The zero-order chi connectivity index (χ0) is 16.6. The second-order valence-corrected chi connectivity index (χ2v) is 7.71. The highest BCUT2D eigenvalue weighted by Gasteiger charge is 2.44. The van der Waals surface area contributed by atoms with Gasteiger partial charge in [-0.3, -0.25) is 0 Å². The minimum atomic E-state index is -0.454. The molecule has 2 unspecified atom stereocenters. The first kappa shape index (κ1) is 16.3. The molecule has 0 saturated carbocycles. The van der Waals surface area contributed by atoms with Crippen molar-refractivity contribution in [1.29, 1.82) is 0 Å². The van der Waals surface area contributed by atoms with Gasteiger partial charge in [-0.05, 0) is 58.6 Å². The topological polar surface area (TPSA) is 67.3 Å². The molecule has 1 aromatic rings. The van der Waals surface area contributed by atoms with Crippen LogP contribution < -0.4 is 5.32 Å². The van der Waals surface area contributed by atoms with Crippen LogP contribution in [0.3, 0.4) is 0 Å². The maximum absolute atomic E-state index is 12.4. The Hall–Kier alpha value is -1.56. The molecule has 2 aliphatic heterocycles. The van der Waals surface area contributed by atoms with E-state index in [1.54, 1.807) is 6.07 Å². The van der Waals surface area contributed by atoms with Gasteiger partial charge in [-0.25, -0.2) is 4.79 Å². The van der Waals surface area contributed by atoms with Crippen molar-refractivity contribution in [3.8, 4) is 0 Å². The minimum absolute atomic E-state index is 0.185. The van der Waals surface area contributed by atoms with Crippen molar-refractivity contribution in [2.24, 2.45) is 0 Å². The SMILES string of the molecule is CC(C)(C)OC(=O)N1C2CC[C@@H]1CC(Nc1ccc(Cl)nn1)C2. The van der Waals surface area contributed by atoms with E-state index in [1.165, 1.54) is 0 Å². The molecule has 3 heterocycles. The first-order valence-corrected chi connectivity index (χ1v) is 8.47. The minimum Gasteiger partial charge on any atom is -0.444 e. The van der Waals surface area contributed by atoms with E-state index in [-0.39, 0.29) is 18.2 Å². The first-order chi connectivity index (χ1) is 10.8. The van der Waals surface area contributed by atoms with Crippen molar-refractivity contribution in [1.82, 2.24) is 15.1 Å². The number of halogens is 1. The van der Waals surface area contributed by atoms with Crippen LogP contribution in [0.25, 0.3) is 0 Å². The molecule has 0 radical (unpaired) electrons. The van der Waals surface area contributed by atoms with Gasteiger partial charge in [-0.15, -0.1) is 10.2 Å². The maximum Gasteiger partial charge on any atom is 0.410 e. The van der Waals surface area contributed by atoms with Crippen LogP contribution in [0.2, 0.25) is 5.15 Å². The molecule has 23 heavy (non-hydrogen) atoms. The fourth-order valence-electron chi connectivity index (χ4n) is 3.51. The van der Waals surface area contributed by atoms with Crippen molar-refractivity contribution in [2.45, 2.75) is 70.2 Å². The molecule has 6 nitrogen and oxygen atoms in total. The Morgan fingerprint density at radius 1 is 1.26 bits per heavy atom. The molecule has 3 atom stereocenters. The largest absolute Gasteiger partial charge is 0.444 e. The molecule has 1 amide bonds. The smallest absolute Gasteiger partial charge is 0.410 e. The highest BCUT2D eigenvalue weighted by atomic mass is 35.5. The Labute approximate surface area is 141 Å². The number of piperidine rings is 1. The summed E-state index contributed by atoms with van der Waals surface area (Å²) in [5, 5.41) is 11.7.